The lowest BCUT2D eigenvalue weighted by Gasteiger charge is -2.34. The molecule has 2 aromatic rings. The van der Waals surface area contributed by atoms with Crippen LogP contribution in [-0.2, 0) is 9.53 Å². The Bertz CT molecular complexity index is 1220. The molecule has 7 heteroatoms. The standard InChI is InChI=1S/C32H39N3O4/c1-2-20-38-32(37)34-25-14-15-29-27(21-25)30(26-12-8-9-13-28(26)39-29)31(36)33-24-16-18-35(19-17-24)22-23-10-6-4-3-5-7-11-23/h2,8-10,12-15,21,24,30H,1,3-7,11,16-20,22H2,(H,33,36)(H,34,37)/b23-10+. The van der Waals surface area contributed by atoms with Crippen molar-refractivity contribution in [2.24, 2.45) is 0 Å². The second-order valence-electron chi connectivity index (χ2n) is 10.7. The molecule has 2 heterocycles. The number of hydrogen-bond acceptors (Lipinski definition) is 5. The molecule has 39 heavy (non-hydrogen) atoms. The van der Waals surface area contributed by atoms with E-state index in [1.807, 2.05) is 24.3 Å². The average molecular weight is 530 g/mol. The molecule has 0 aromatic heterocycles. The first-order valence-electron chi connectivity index (χ1n) is 14.3. The molecule has 2 amide bonds. The van der Waals surface area contributed by atoms with E-state index in [9.17, 15) is 9.59 Å². The van der Waals surface area contributed by atoms with Gasteiger partial charge in [-0.3, -0.25) is 15.0 Å². The zero-order valence-electron chi connectivity index (χ0n) is 22.6. The van der Waals surface area contributed by atoms with Crippen molar-refractivity contribution in [1.82, 2.24) is 10.2 Å². The number of rotatable bonds is 7. The Balaban J connectivity index is 1.26. The van der Waals surface area contributed by atoms with E-state index in [-0.39, 0.29) is 18.6 Å². The van der Waals surface area contributed by atoms with Gasteiger partial charge in [-0.15, -0.1) is 0 Å². The molecule has 1 atom stereocenters. The van der Waals surface area contributed by atoms with Crippen LogP contribution in [0, 0.1) is 0 Å². The minimum atomic E-state index is -0.574. The highest BCUT2D eigenvalue weighted by Gasteiger charge is 2.34. The Kier molecular flexibility index (Phi) is 8.99. The maximum atomic E-state index is 13.8. The molecular weight excluding hydrogens is 490 g/mol. The highest BCUT2D eigenvalue weighted by atomic mass is 16.5. The summed E-state index contributed by atoms with van der Waals surface area (Å²) in [5, 5.41) is 6.07. The summed E-state index contributed by atoms with van der Waals surface area (Å²) in [7, 11) is 0. The first kappa shape index (κ1) is 27.0. The zero-order valence-corrected chi connectivity index (χ0v) is 22.6. The van der Waals surface area contributed by atoms with Gasteiger partial charge in [0.05, 0.1) is 5.92 Å². The monoisotopic (exact) mass is 529 g/mol. The molecule has 0 saturated carbocycles. The second-order valence-corrected chi connectivity index (χ2v) is 10.7. The Hall–Kier alpha value is -3.58. The number of likely N-dealkylation sites (tertiary alicyclic amines) is 1. The summed E-state index contributed by atoms with van der Waals surface area (Å²) in [5.74, 6) is 0.716. The molecule has 0 radical (unpaired) electrons. The summed E-state index contributed by atoms with van der Waals surface area (Å²) in [4.78, 5) is 28.5. The van der Waals surface area contributed by atoms with Crippen molar-refractivity contribution in [3.05, 3.63) is 77.9 Å². The number of ether oxygens (including phenoxy) is 2. The zero-order chi connectivity index (χ0) is 27.0. The molecule has 206 valence electrons. The van der Waals surface area contributed by atoms with Crippen LogP contribution in [0.25, 0.3) is 0 Å². The second kappa shape index (κ2) is 13.0. The van der Waals surface area contributed by atoms with E-state index in [2.05, 4.69) is 28.2 Å². The van der Waals surface area contributed by atoms with Crippen LogP contribution in [0.5, 0.6) is 11.5 Å². The van der Waals surface area contributed by atoms with Gasteiger partial charge in [0.2, 0.25) is 5.91 Å². The Labute approximate surface area is 231 Å². The molecule has 2 N–H and O–H groups in total. The number of carbonyl (C=O) groups excluding carboxylic acids is 2. The van der Waals surface area contributed by atoms with Crippen LogP contribution in [0.2, 0.25) is 0 Å². The van der Waals surface area contributed by atoms with Gasteiger partial charge >= 0.3 is 6.09 Å². The van der Waals surface area contributed by atoms with Crippen LogP contribution in [0.15, 0.2) is 66.8 Å². The minimum absolute atomic E-state index is 0.0421. The molecule has 1 unspecified atom stereocenters. The van der Waals surface area contributed by atoms with Crippen molar-refractivity contribution in [2.45, 2.75) is 63.3 Å². The van der Waals surface area contributed by atoms with Crippen LogP contribution in [-0.4, -0.2) is 49.2 Å². The fraction of sp³-hybridized carbons (Fsp3) is 0.438. The lowest BCUT2D eigenvalue weighted by Crippen LogP contribution is -2.46. The van der Waals surface area contributed by atoms with Crippen molar-refractivity contribution in [3.63, 3.8) is 0 Å². The molecule has 3 aliphatic rings. The van der Waals surface area contributed by atoms with Gasteiger partial charge in [-0.25, -0.2) is 4.79 Å². The van der Waals surface area contributed by atoms with Gasteiger partial charge in [0.1, 0.15) is 18.1 Å². The third-order valence-electron chi connectivity index (χ3n) is 7.86. The van der Waals surface area contributed by atoms with E-state index in [1.54, 1.807) is 23.8 Å². The molecule has 2 aromatic carbocycles. The highest BCUT2D eigenvalue weighted by Crippen LogP contribution is 2.45. The van der Waals surface area contributed by atoms with E-state index >= 15 is 0 Å². The smallest absolute Gasteiger partial charge is 0.411 e. The van der Waals surface area contributed by atoms with Gasteiger partial charge in [0.15, 0.2) is 0 Å². The van der Waals surface area contributed by atoms with E-state index < -0.39 is 12.0 Å². The van der Waals surface area contributed by atoms with Crippen LogP contribution in [0.3, 0.4) is 0 Å². The molecule has 0 bridgehead atoms. The predicted molar refractivity (Wildman–Crippen MR) is 153 cm³/mol. The van der Waals surface area contributed by atoms with Crippen molar-refractivity contribution in [3.8, 4) is 11.5 Å². The molecule has 0 spiro atoms. The minimum Gasteiger partial charge on any atom is -0.457 e. The predicted octanol–water partition coefficient (Wildman–Crippen LogP) is 6.52. The van der Waals surface area contributed by atoms with E-state index in [1.165, 1.54) is 44.6 Å². The van der Waals surface area contributed by atoms with E-state index in [4.69, 9.17) is 9.47 Å². The number of piperidine rings is 1. The van der Waals surface area contributed by atoms with Crippen molar-refractivity contribution in [1.29, 1.82) is 0 Å². The number of allylic oxidation sites excluding steroid dienone is 1. The summed E-state index contributed by atoms with van der Waals surface area (Å²) in [6, 6.07) is 13.1. The number of anilines is 1. The maximum absolute atomic E-state index is 13.8. The van der Waals surface area contributed by atoms with Crippen LogP contribution in [0.1, 0.15) is 68.4 Å². The number of nitrogens with zero attached hydrogens (tertiary/aromatic N) is 1. The SMILES string of the molecule is C=CCOC(=O)Nc1ccc2c(c1)C(C(=O)NC1CCN(C/C3=C/CCCCCC3)CC1)c1ccccc1O2. The molecule has 2 aliphatic heterocycles. The molecular formula is C32H39N3O4. The lowest BCUT2D eigenvalue weighted by molar-refractivity contribution is -0.122. The summed E-state index contributed by atoms with van der Waals surface area (Å²) >= 11 is 0. The van der Waals surface area contributed by atoms with Crippen LogP contribution >= 0.6 is 0 Å². The Morgan fingerprint density at radius 2 is 1.82 bits per heavy atom. The number of hydrogen-bond donors (Lipinski definition) is 2. The number of benzene rings is 2. The fourth-order valence-electron chi connectivity index (χ4n) is 5.82. The molecule has 1 aliphatic carbocycles. The number of fused-ring (bicyclic) bond motifs is 2. The van der Waals surface area contributed by atoms with Crippen LogP contribution in [0.4, 0.5) is 10.5 Å². The fourth-order valence-corrected chi connectivity index (χ4v) is 5.82. The Morgan fingerprint density at radius 1 is 1.03 bits per heavy atom. The molecule has 1 fully saturated rings. The number of amides is 2. The largest absolute Gasteiger partial charge is 0.457 e. The van der Waals surface area contributed by atoms with Crippen molar-refractivity contribution >= 4 is 17.7 Å². The highest BCUT2D eigenvalue weighted by molar-refractivity contribution is 5.91. The molecule has 7 nitrogen and oxygen atoms in total. The number of carbonyl (C=O) groups is 2. The molecule has 1 saturated heterocycles. The van der Waals surface area contributed by atoms with Gasteiger partial charge in [-0.2, -0.15) is 0 Å². The van der Waals surface area contributed by atoms with Gasteiger partial charge in [-0.1, -0.05) is 55.3 Å². The number of nitrogens with one attached hydrogen (secondary N) is 2. The normalized spacial score (nSPS) is 21.0. The first-order valence-corrected chi connectivity index (χ1v) is 14.3. The lowest BCUT2D eigenvalue weighted by atomic mass is 9.86. The number of para-hydroxylation sites is 1. The average Bonchev–Trinajstić information content (AvgIpc) is 2.93. The molecule has 5 rings (SSSR count). The van der Waals surface area contributed by atoms with Crippen molar-refractivity contribution < 1.29 is 19.1 Å². The van der Waals surface area contributed by atoms with E-state index in [0.717, 1.165) is 43.6 Å². The quantitative estimate of drug-likeness (QED) is 0.399. The summed E-state index contributed by atoms with van der Waals surface area (Å²) < 4.78 is 11.2. The summed E-state index contributed by atoms with van der Waals surface area (Å²) in [6.45, 7) is 6.72. The Morgan fingerprint density at radius 3 is 2.67 bits per heavy atom. The van der Waals surface area contributed by atoms with Crippen molar-refractivity contribution in [2.75, 3.05) is 31.6 Å². The van der Waals surface area contributed by atoms with Gasteiger partial charge in [0, 0.05) is 42.5 Å². The van der Waals surface area contributed by atoms with Gasteiger partial charge in [0.25, 0.3) is 0 Å². The van der Waals surface area contributed by atoms with E-state index in [0.29, 0.717) is 17.2 Å². The van der Waals surface area contributed by atoms with Gasteiger partial charge < -0.3 is 14.8 Å². The van der Waals surface area contributed by atoms with Gasteiger partial charge in [-0.05, 0) is 62.8 Å². The first-order chi connectivity index (χ1) is 19.1. The summed E-state index contributed by atoms with van der Waals surface area (Å²) in [6.07, 6.45) is 13.0. The third-order valence-corrected chi connectivity index (χ3v) is 7.86. The van der Waals surface area contributed by atoms with Crippen LogP contribution < -0.4 is 15.4 Å². The third kappa shape index (κ3) is 6.90. The topological polar surface area (TPSA) is 79.9 Å². The maximum Gasteiger partial charge on any atom is 0.411 e. The summed E-state index contributed by atoms with van der Waals surface area (Å²) in [5.41, 5.74) is 3.68.